The molecule has 2 fully saturated rings. The second kappa shape index (κ2) is 4.45. The third-order valence-electron chi connectivity index (χ3n) is 4.67. The summed E-state index contributed by atoms with van der Waals surface area (Å²) in [4.78, 5) is 0. The molecule has 0 radical (unpaired) electrons. The Labute approximate surface area is 103 Å². The van der Waals surface area contributed by atoms with Gasteiger partial charge in [0.05, 0.1) is 0 Å². The predicted molar refractivity (Wildman–Crippen MR) is 74.3 cm³/mol. The third kappa shape index (κ3) is 2.38. The largest absolute Gasteiger partial charge is 0.316 e. The quantitative estimate of drug-likeness (QED) is 0.646. The van der Waals surface area contributed by atoms with Gasteiger partial charge in [-0.05, 0) is 45.7 Å². The van der Waals surface area contributed by atoms with Crippen molar-refractivity contribution in [3.05, 3.63) is 0 Å². The van der Waals surface area contributed by atoms with Crippen LogP contribution in [0.1, 0.15) is 59.3 Å². The van der Waals surface area contributed by atoms with Crippen molar-refractivity contribution in [1.29, 1.82) is 0 Å². The molecule has 94 valence electrons. The van der Waals surface area contributed by atoms with E-state index in [4.69, 9.17) is 0 Å². The van der Waals surface area contributed by atoms with Crippen LogP contribution in [0.4, 0.5) is 0 Å². The van der Waals surface area contributed by atoms with Crippen LogP contribution in [-0.2, 0) is 0 Å². The van der Waals surface area contributed by atoms with Crippen LogP contribution in [0.3, 0.4) is 0 Å². The first kappa shape index (κ1) is 12.6. The number of hydrogen-bond acceptors (Lipinski definition) is 1. The highest BCUT2D eigenvalue weighted by molar-refractivity contribution is 6.76. The molecule has 1 aliphatic heterocycles. The maximum absolute atomic E-state index is 3.03. The summed E-state index contributed by atoms with van der Waals surface area (Å²) in [5, 5.41) is 0. The SMILES string of the molecule is CC(C)(C)N(C1CCCC1)[Si]1(C)CCCC1. The summed E-state index contributed by atoms with van der Waals surface area (Å²) < 4.78 is 3.03. The zero-order valence-corrected chi connectivity index (χ0v) is 12.7. The Morgan fingerprint density at radius 3 is 1.88 bits per heavy atom. The lowest BCUT2D eigenvalue weighted by Gasteiger charge is -2.50. The van der Waals surface area contributed by atoms with Gasteiger partial charge in [-0.2, -0.15) is 0 Å². The van der Waals surface area contributed by atoms with Crippen molar-refractivity contribution in [2.75, 3.05) is 0 Å². The first-order valence-corrected chi connectivity index (χ1v) is 10.1. The van der Waals surface area contributed by atoms with E-state index in [2.05, 4.69) is 31.9 Å². The van der Waals surface area contributed by atoms with E-state index in [0.29, 0.717) is 5.54 Å². The van der Waals surface area contributed by atoms with Gasteiger partial charge in [-0.3, -0.25) is 0 Å². The molecule has 0 unspecified atom stereocenters. The van der Waals surface area contributed by atoms with Crippen molar-refractivity contribution < 1.29 is 0 Å². The van der Waals surface area contributed by atoms with Crippen LogP contribution < -0.4 is 0 Å². The Hall–Kier alpha value is 0.177. The first-order valence-electron chi connectivity index (χ1n) is 7.23. The summed E-state index contributed by atoms with van der Waals surface area (Å²) in [6.45, 7) is 10.00. The topological polar surface area (TPSA) is 3.24 Å². The fraction of sp³-hybridized carbons (Fsp3) is 1.00. The standard InChI is InChI=1S/C14H29NSi/c1-14(2,3)15(13-9-5-6-10-13)16(4)11-7-8-12-16/h13H,5-12H2,1-4H3. The maximum atomic E-state index is 3.03. The molecule has 0 aromatic carbocycles. The number of nitrogens with zero attached hydrogens (tertiary/aromatic N) is 1. The van der Waals surface area contributed by atoms with E-state index in [9.17, 15) is 0 Å². The van der Waals surface area contributed by atoms with E-state index in [1.54, 1.807) is 12.1 Å². The van der Waals surface area contributed by atoms with Gasteiger partial charge in [-0.15, -0.1) is 0 Å². The molecule has 1 saturated carbocycles. The van der Waals surface area contributed by atoms with Gasteiger partial charge in [0.1, 0.15) is 8.24 Å². The van der Waals surface area contributed by atoms with Crippen molar-refractivity contribution in [1.82, 2.24) is 4.57 Å². The third-order valence-corrected chi connectivity index (χ3v) is 9.74. The molecule has 0 N–H and O–H groups in total. The van der Waals surface area contributed by atoms with E-state index in [1.807, 2.05) is 0 Å². The van der Waals surface area contributed by atoms with E-state index < -0.39 is 8.24 Å². The van der Waals surface area contributed by atoms with Gasteiger partial charge in [-0.1, -0.05) is 32.2 Å². The minimum atomic E-state index is -1.08. The molecule has 0 aromatic rings. The molecule has 0 bridgehead atoms. The zero-order valence-electron chi connectivity index (χ0n) is 11.7. The van der Waals surface area contributed by atoms with E-state index in [0.717, 1.165) is 6.04 Å². The predicted octanol–water partition coefficient (Wildman–Crippen LogP) is 4.40. The minimum Gasteiger partial charge on any atom is -0.316 e. The van der Waals surface area contributed by atoms with Gasteiger partial charge in [0.15, 0.2) is 0 Å². The van der Waals surface area contributed by atoms with Gasteiger partial charge in [-0.25, -0.2) is 0 Å². The summed E-state index contributed by atoms with van der Waals surface area (Å²) in [5.74, 6) is 0. The molecule has 0 amide bonds. The molecular formula is C14H29NSi. The number of hydrogen-bond donors (Lipinski definition) is 0. The van der Waals surface area contributed by atoms with Gasteiger partial charge in [0.25, 0.3) is 0 Å². The fourth-order valence-electron chi connectivity index (χ4n) is 4.34. The second-order valence-electron chi connectivity index (χ2n) is 7.18. The number of rotatable bonds is 2. The molecule has 1 saturated heterocycles. The highest BCUT2D eigenvalue weighted by Crippen LogP contribution is 2.41. The average Bonchev–Trinajstić information content (AvgIpc) is 2.75. The Balaban J connectivity index is 2.19. The summed E-state index contributed by atoms with van der Waals surface area (Å²) in [6, 6.07) is 4.04. The first-order chi connectivity index (χ1) is 7.43. The van der Waals surface area contributed by atoms with Crippen LogP contribution in [0.2, 0.25) is 18.6 Å². The lowest BCUT2D eigenvalue weighted by molar-refractivity contribution is 0.178. The van der Waals surface area contributed by atoms with Crippen molar-refractivity contribution in [2.45, 2.75) is 89.5 Å². The Kier molecular flexibility index (Phi) is 3.51. The molecule has 1 aliphatic carbocycles. The summed E-state index contributed by atoms with van der Waals surface area (Å²) >= 11 is 0. The van der Waals surface area contributed by atoms with Gasteiger partial charge >= 0.3 is 0 Å². The van der Waals surface area contributed by atoms with Crippen LogP contribution in [-0.4, -0.2) is 24.4 Å². The van der Waals surface area contributed by atoms with E-state index >= 15 is 0 Å². The molecule has 0 spiro atoms. The van der Waals surface area contributed by atoms with Crippen LogP contribution in [0, 0.1) is 0 Å². The molecule has 1 heterocycles. The van der Waals surface area contributed by atoms with Crippen LogP contribution in [0.15, 0.2) is 0 Å². The summed E-state index contributed by atoms with van der Waals surface area (Å²) in [7, 11) is -1.08. The molecule has 0 aromatic heterocycles. The van der Waals surface area contributed by atoms with Crippen molar-refractivity contribution in [3.8, 4) is 0 Å². The zero-order chi connectivity index (χ0) is 11.8. The van der Waals surface area contributed by atoms with E-state index in [-0.39, 0.29) is 0 Å². The Morgan fingerprint density at radius 2 is 1.44 bits per heavy atom. The van der Waals surface area contributed by atoms with Crippen LogP contribution >= 0.6 is 0 Å². The molecule has 16 heavy (non-hydrogen) atoms. The summed E-state index contributed by atoms with van der Waals surface area (Å²) in [5.41, 5.74) is 0.403. The highest BCUT2D eigenvalue weighted by Gasteiger charge is 2.46. The normalized spacial score (nSPS) is 26.8. The van der Waals surface area contributed by atoms with Crippen LogP contribution in [0.25, 0.3) is 0 Å². The highest BCUT2D eigenvalue weighted by atomic mass is 28.3. The lowest BCUT2D eigenvalue weighted by atomic mass is 10.1. The smallest absolute Gasteiger partial charge is 0.126 e. The van der Waals surface area contributed by atoms with Crippen molar-refractivity contribution in [3.63, 3.8) is 0 Å². The van der Waals surface area contributed by atoms with Gasteiger partial charge < -0.3 is 4.57 Å². The van der Waals surface area contributed by atoms with Gasteiger partial charge in [0.2, 0.25) is 0 Å². The average molecular weight is 239 g/mol. The van der Waals surface area contributed by atoms with Gasteiger partial charge in [0, 0.05) is 11.6 Å². The molecule has 0 atom stereocenters. The summed E-state index contributed by atoms with van der Waals surface area (Å²) in [6.07, 6.45) is 8.90. The maximum Gasteiger partial charge on any atom is 0.126 e. The molecule has 1 nitrogen and oxygen atoms in total. The molecule has 2 rings (SSSR count). The second-order valence-corrected chi connectivity index (χ2v) is 11.7. The van der Waals surface area contributed by atoms with Crippen LogP contribution in [0.5, 0.6) is 0 Å². The molecule has 2 aliphatic rings. The molecular weight excluding hydrogens is 210 g/mol. The Morgan fingerprint density at radius 1 is 0.938 bits per heavy atom. The van der Waals surface area contributed by atoms with Crippen molar-refractivity contribution in [2.24, 2.45) is 0 Å². The minimum absolute atomic E-state index is 0.403. The lowest BCUT2D eigenvalue weighted by Crippen LogP contribution is -2.61. The van der Waals surface area contributed by atoms with E-state index in [1.165, 1.54) is 38.5 Å². The molecule has 2 heteroatoms. The van der Waals surface area contributed by atoms with Crippen molar-refractivity contribution >= 4 is 8.24 Å². The fourth-order valence-corrected chi connectivity index (χ4v) is 9.85. The monoisotopic (exact) mass is 239 g/mol. The Bertz CT molecular complexity index is 232.